The number of nitrogens with zero attached hydrogens (tertiary/aromatic N) is 2. The average molecular weight is 366 g/mol. The predicted molar refractivity (Wildman–Crippen MR) is 91.0 cm³/mol. The molecule has 2 heterocycles. The van der Waals surface area contributed by atoms with E-state index in [2.05, 4.69) is 5.32 Å². The Labute approximate surface area is 150 Å². The minimum absolute atomic E-state index is 0.0186. The molecule has 7 nitrogen and oxygen atoms in total. The highest BCUT2D eigenvalue weighted by Gasteiger charge is 2.38. The number of nitrogens with one attached hydrogen (secondary N) is 1. The molecule has 134 valence electrons. The van der Waals surface area contributed by atoms with Gasteiger partial charge < -0.3 is 15.0 Å². The highest BCUT2D eigenvalue weighted by molar-refractivity contribution is 6.31. The van der Waals surface area contributed by atoms with E-state index in [1.54, 1.807) is 29.2 Å². The van der Waals surface area contributed by atoms with Gasteiger partial charge in [-0.05, 0) is 18.1 Å². The zero-order chi connectivity index (χ0) is 17.8. The van der Waals surface area contributed by atoms with E-state index in [-0.39, 0.29) is 24.8 Å². The molecule has 2 aliphatic rings. The summed E-state index contributed by atoms with van der Waals surface area (Å²) in [5.41, 5.74) is 0.706. The van der Waals surface area contributed by atoms with Crippen molar-refractivity contribution in [3.05, 3.63) is 34.9 Å². The van der Waals surface area contributed by atoms with Gasteiger partial charge in [-0.3, -0.25) is 14.5 Å². The van der Waals surface area contributed by atoms with Gasteiger partial charge in [-0.15, -0.1) is 0 Å². The average Bonchev–Trinajstić information content (AvgIpc) is 2.89. The molecule has 1 N–H and O–H groups in total. The molecule has 0 radical (unpaired) electrons. The molecule has 2 saturated heterocycles. The Bertz CT molecular complexity index is 676. The molecule has 0 saturated carbocycles. The zero-order valence-electron chi connectivity index (χ0n) is 13.7. The van der Waals surface area contributed by atoms with Crippen molar-refractivity contribution in [3.8, 4) is 0 Å². The summed E-state index contributed by atoms with van der Waals surface area (Å²) in [5, 5.41) is 3.16. The second-order valence-electron chi connectivity index (χ2n) is 6.05. The normalized spacial score (nSPS) is 20.8. The van der Waals surface area contributed by atoms with Gasteiger partial charge in [0.2, 0.25) is 5.91 Å². The number of ether oxygens (including phenoxy) is 1. The van der Waals surface area contributed by atoms with Crippen molar-refractivity contribution in [2.75, 3.05) is 26.3 Å². The van der Waals surface area contributed by atoms with E-state index in [4.69, 9.17) is 16.3 Å². The van der Waals surface area contributed by atoms with Crippen LogP contribution in [0.1, 0.15) is 18.4 Å². The fourth-order valence-corrected chi connectivity index (χ4v) is 3.15. The van der Waals surface area contributed by atoms with E-state index < -0.39 is 12.1 Å². The largest absolute Gasteiger partial charge is 0.378 e. The van der Waals surface area contributed by atoms with Crippen LogP contribution in [0.25, 0.3) is 0 Å². The molecule has 1 aromatic rings. The maximum absolute atomic E-state index is 12.5. The summed E-state index contributed by atoms with van der Waals surface area (Å²) in [4.78, 5) is 39.6. The van der Waals surface area contributed by atoms with Crippen molar-refractivity contribution < 1.29 is 19.1 Å². The van der Waals surface area contributed by atoms with E-state index in [1.165, 1.54) is 0 Å². The number of urea groups is 1. The van der Waals surface area contributed by atoms with Gasteiger partial charge in [-0.1, -0.05) is 29.8 Å². The van der Waals surface area contributed by atoms with E-state index in [0.717, 1.165) is 4.90 Å². The lowest BCUT2D eigenvalue weighted by Crippen LogP contribution is -2.41. The zero-order valence-corrected chi connectivity index (χ0v) is 14.5. The van der Waals surface area contributed by atoms with Crippen LogP contribution in [-0.4, -0.2) is 60.0 Å². The molecule has 1 atom stereocenters. The lowest BCUT2D eigenvalue weighted by atomic mass is 10.1. The van der Waals surface area contributed by atoms with Crippen molar-refractivity contribution in [1.82, 2.24) is 15.1 Å². The minimum atomic E-state index is -0.667. The summed E-state index contributed by atoms with van der Waals surface area (Å²) in [6, 6.07) is 5.97. The Morgan fingerprint density at radius 3 is 2.68 bits per heavy atom. The third-order valence-electron chi connectivity index (χ3n) is 4.40. The van der Waals surface area contributed by atoms with Crippen LogP contribution in [-0.2, 0) is 20.9 Å². The van der Waals surface area contributed by atoms with Crippen LogP contribution in [0.5, 0.6) is 0 Å². The smallest absolute Gasteiger partial charge is 0.325 e. The highest BCUT2D eigenvalue weighted by Crippen LogP contribution is 2.20. The van der Waals surface area contributed by atoms with Crippen molar-refractivity contribution in [2.45, 2.75) is 25.4 Å². The van der Waals surface area contributed by atoms with Crippen LogP contribution in [0.15, 0.2) is 24.3 Å². The lowest BCUT2D eigenvalue weighted by molar-refractivity contribution is -0.135. The number of benzene rings is 1. The Kier molecular flexibility index (Phi) is 5.55. The summed E-state index contributed by atoms with van der Waals surface area (Å²) in [6.45, 7) is 2.34. The number of carbonyl (C=O) groups is 3. The van der Waals surface area contributed by atoms with E-state index in [9.17, 15) is 14.4 Å². The molecular weight excluding hydrogens is 346 g/mol. The van der Waals surface area contributed by atoms with Gasteiger partial charge >= 0.3 is 6.03 Å². The van der Waals surface area contributed by atoms with Crippen LogP contribution in [0, 0.1) is 0 Å². The van der Waals surface area contributed by atoms with Gasteiger partial charge in [-0.25, -0.2) is 4.79 Å². The molecule has 0 aromatic heterocycles. The first-order chi connectivity index (χ1) is 12.1. The molecule has 4 amide bonds. The second kappa shape index (κ2) is 7.84. The molecule has 3 rings (SSSR count). The number of carbonyl (C=O) groups excluding carboxylic acids is 3. The van der Waals surface area contributed by atoms with Gasteiger partial charge in [0.05, 0.1) is 19.8 Å². The first-order valence-electron chi connectivity index (χ1n) is 8.27. The number of hydrogen-bond donors (Lipinski definition) is 1. The predicted octanol–water partition coefficient (Wildman–Crippen LogP) is 1.40. The fourth-order valence-electron chi connectivity index (χ4n) is 2.96. The molecule has 25 heavy (non-hydrogen) atoms. The number of rotatable bonds is 5. The molecule has 8 heteroatoms. The van der Waals surface area contributed by atoms with E-state index in [1.807, 2.05) is 0 Å². The maximum atomic E-state index is 12.5. The molecule has 0 bridgehead atoms. The molecular formula is C17H20ClN3O4. The monoisotopic (exact) mass is 365 g/mol. The number of hydrogen-bond acceptors (Lipinski definition) is 4. The molecule has 2 aliphatic heterocycles. The number of morpholine rings is 1. The summed E-state index contributed by atoms with van der Waals surface area (Å²) in [7, 11) is 0. The molecule has 0 spiro atoms. The van der Waals surface area contributed by atoms with Gasteiger partial charge in [0.15, 0.2) is 0 Å². The van der Waals surface area contributed by atoms with Crippen molar-refractivity contribution in [2.24, 2.45) is 0 Å². The molecule has 2 fully saturated rings. The van der Waals surface area contributed by atoms with Crippen LogP contribution in [0.4, 0.5) is 4.79 Å². The first-order valence-corrected chi connectivity index (χ1v) is 8.65. The fraction of sp³-hybridized carbons (Fsp3) is 0.471. The SMILES string of the molecule is O=C(CC[C@@H]1NC(=O)N(Cc2ccccc2Cl)C1=O)N1CCOCC1. The number of halogens is 1. The Balaban J connectivity index is 1.55. The molecule has 0 aliphatic carbocycles. The Morgan fingerprint density at radius 2 is 1.96 bits per heavy atom. The van der Waals surface area contributed by atoms with Crippen LogP contribution < -0.4 is 5.32 Å². The van der Waals surface area contributed by atoms with Crippen molar-refractivity contribution in [3.63, 3.8) is 0 Å². The summed E-state index contributed by atoms with van der Waals surface area (Å²) in [5.74, 6) is -0.338. The third kappa shape index (κ3) is 4.11. The minimum Gasteiger partial charge on any atom is -0.378 e. The number of amides is 4. The van der Waals surface area contributed by atoms with Crippen LogP contribution in [0.2, 0.25) is 5.02 Å². The van der Waals surface area contributed by atoms with Crippen LogP contribution >= 0.6 is 11.6 Å². The van der Waals surface area contributed by atoms with E-state index in [0.29, 0.717) is 43.3 Å². The summed E-state index contributed by atoms with van der Waals surface area (Å²) in [6.07, 6.45) is 0.510. The Morgan fingerprint density at radius 1 is 1.24 bits per heavy atom. The molecule has 0 unspecified atom stereocenters. The first kappa shape index (κ1) is 17.7. The van der Waals surface area contributed by atoms with Gasteiger partial charge in [-0.2, -0.15) is 0 Å². The topological polar surface area (TPSA) is 79.0 Å². The maximum Gasteiger partial charge on any atom is 0.325 e. The summed E-state index contributed by atoms with van der Waals surface area (Å²) < 4.78 is 5.22. The third-order valence-corrected chi connectivity index (χ3v) is 4.77. The standard InChI is InChI=1S/C17H20ClN3O4/c18-13-4-2-1-3-12(13)11-21-16(23)14(19-17(21)24)5-6-15(22)20-7-9-25-10-8-20/h1-4,14H,5-11H2,(H,19,24)/t14-/m0/s1. The van der Waals surface area contributed by atoms with Crippen molar-refractivity contribution in [1.29, 1.82) is 0 Å². The summed E-state index contributed by atoms with van der Waals surface area (Å²) >= 11 is 6.09. The number of imide groups is 1. The lowest BCUT2D eigenvalue weighted by Gasteiger charge is -2.27. The van der Waals surface area contributed by atoms with Crippen molar-refractivity contribution >= 4 is 29.4 Å². The Hall–Kier alpha value is -2.12. The van der Waals surface area contributed by atoms with Gasteiger partial charge in [0.25, 0.3) is 5.91 Å². The van der Waals surface area contributed by atoms with E-state index >= 15 is 0 Å². The van der Waals surface area contributed by atoms with Gasteiger partial charge in [0.1, 0.15) is 6.04 Å². The van der Waals surface area contributed by atoms with Gasteiger partial charge in [0, 0.05) is 24.5 Å². The molecule has 1 aromatic carbocycles. The van der Waals surface area contributed by atoms with Crippen LogP contribution in [0.3, 0.4) is 0 Å². The quantitative estimate of drug-likeness (QED) is 0.800. The highest BCUT2D eigenvalue weighted by atomic mass is 35.5. The second-order valence-corrected chi connectivity index (χ2v) is 6.46.